The predicted octanol–water partition coefficient (Wildman–Crippen LogP) is 0.372. The van der Waals surface area contributed by atoms with Gasteiger partial charge >= 0.3 is 0 Å². The molecule has 22 heavy (non-hydrogen) atoms. The van der Waals surface area contributed by atoms with Gasteiger partial charge in [0.05, 0.1) is 12.7 Å². The molecule has 0 bridgehead atoms. The number of methoxy groups -OCH3 is 1. The van der Waals surface area contributed by atoms with Crippen molar-refractivity contribution in [1.82, 2.24) is 16.2 Å². The number of nitrogens with one attached hydrogen (secondary N) is 3. The first-order chi connectivity index (χ1) is 10.6. The molecule has 3 N–H and O–H groups in total. The van der Waals surface area contributed by atoms with Crippen molar-refractivity contribution < 1.29 is 19.1 Å². The summed E-state index contributed by atoms with van der Waals surface area (Å²) in [5, 5.41) is 2.63. The third kappa shape index (κ3) is 4.47. The number of benzene rings is 1. The molecule has 1 aromatic rings. The van der Waals surface area contributed by atoms with Gasteiger partial charge < -0.3 is 10.1 Å². The first-order valence-electron chi connectivity index (χ1n) is 7.11. The molecular formula is C15H19N3O4. The lowest BCUT2D eigenvalue weighted by molar-refractivity contribution is -0.129. The van der Waals surface area contributed by atoms with Crippen molar-refractivity contribution in [3.8, 4) is 5.75 Å². The maximum absolute atomic E-state index is 12.0. The monoisotopic (exact) mass is 305 g/mol. The van der Waals surface area contributed by atoms with Crippen LogP contribution in [0.4, 0.5) is 0 Å². The molecule has 1 saturated carbocycles. The molecular weight excluding hydrogens is 286 g/mol. The van der Waals surface area contributed by atoms with Crippen LogP contribution in [-0.4, -0.2) is 31.4 Å². The summed E-state index contributed by atoms with van der Waals surface area (Å²) in [6.45, 7) is 0.169. The molecule has 0 spiro atoms. The Hall–Kier alpha value is -2.57. The molecule has 0 aromatic heterocycles. The van der Waals surface area contributed by atoms with Gasteiger partial charge in [0.25, 0.3) is 5.91 Å². The standard InChI is InChI=1S/C15H19N3O4/c1-22-12-5-3-2-4-11(12)15(21)16-9-8-13(19)17-18-14(20)10-6-7-10/h2-5,10H,6-9H2,1H3,(H,16,21)(H,17,19)(H,18,20). The van der Waals surface area contributed by atoms with Crippen molar-refractivity contribution in [1.29, 1.82) is 0 Å². The first kappa shape index (κ1) is 15.8. The van der Waals surface area contributed by atoms with Gasteiger partial charge in [-0.25, -0.2) is 0 Å². The quantitative estimate of drug-likeness (QED) is 0.662. The van der Waals surface area contributed by atoms with Crippen molar-refractivity contribution >= 4 is 17.7 Å². The number of carbonyl (C=O) groups excluding carboxylic acids is 3. The van der Waals surface area contributed by atoms with E-state index in [2.05, 4.69) is 16.2 Å². The third-order valence-corrected chi connectivity index (χ3v) is 3.26. The van der Waals surface area contributed by atoms with E-state index in [9.17, 15) is 14.4 Å². The Balaban J connectivity index is 1.69. The summed E-state index contributed by atoms with van der Waals surface area (Å²) >= 11 is 0. The van der Waals surface area contributed by atoms with E-state index >= 15 is 0 Å². The van der Waals surface area contributed by atoms with E-state index in [-0.39, 0.29) is 36.6 Å². The zero-order valence-corrected chi connectivity index (χ0v) is 12.3. The molecule has 1 aliphatic rings. The highest BCUT2D eigenvalue weighted by molar-refractivity contribution is 5.97. The Morgan fingerprint density at radius 1 is 1.18 bits per heavy atom. The van der Waals surface area contributed by atoms with E-state index in [1.807, 2.05) is 0 Å². The highest BCUT2D eigenvalue weighted by atomic mass is 16.5. The van der Waals surface area contributed by atoms with Gasteiger partial charge in [-0.15, -0.1) is 0 Å². The lowest BCUT2D eigenvalue weighted by Gasteiger charge is -2.09. The van der Waals surface area contributed by atoms with Gasteiger partial charge in [0.15, 0.2) is 0 Å². The highest BCUT2D eigenvalue weighted by Gasteiger charge is 2.29. The molecule has 3 amide bonds. The van der Waals surface area contributed by atoms with Crippen LogP contribution in [0.2, 0.25) is 0 Å². The number of rotatable bonds is 6. The average molecular weight is 305 g/mol. The second kappa shape index (κ2) is 7.44. The van der Waals surface area contributed by atoms with Crippen LogP contribution in [0.15, 0.2) is 24.3 Å². The summed E-state index contributed by atoms with van der Waals surface area (Å²) in [5.41, 5.74) is 5.10. The second-order valence-electron chi connectivity index (χ2n) is 5.02. The second-order valence-corrected chi connectivity index (χ2v) is 5.02. The van der Waals surface area contributed by atoms with Gasteiger partial charge in [0.1, 0.15) is 5.75 Å². The molecule has 0 saturated heterocycles. The molecule has 118 valence electrons. The Bertz CT molecular complexity index is 570. The van der Waals surface area contributed by atoms with E-state index in [4.69, 9.17) is 4.74 Å². The summed E-state index contributed by atoms with van der Waals surface area (Å²) in [5.74, 6) is -0.320. The topological polar surface area (TPSA) is 96.5 Å². The van der Waals surface area contributed by atoms with Crippen molar-refractivity contribution in [2.24, 2.45) is 5.92 Å². The van der Waals surface area contributed by atoms with Crippen molar-refractivity contribution in [3.63, 3.8) is 0 Å². The summed E-state index contributed by atoms with van der Waals surface area (Å²) in [4.78, 5) is 34.8. The predicted molar refractivity (Wildman–Crippen MR) is 79.0 cm³/mol. The van der Waals surface area contributed by atoms with Crippen LogP contribution in [0.5, 0.6) is 5.75 Å². The van der Waals surface area contributed by atoms with Crippen LogP contribution >= 0.6 is 0 Å². The number of hydrogen-bond acceptors (Lipinski definition) is 4. The zero-order valence-electron chi connectivity index (χ0n) is 12.3. The van der Waals surface area contributed by atoms with Crippen molar-refractivity contribution in [3.05, 3.63) is 29.8 Å². The number of ether oxygens (including phenoxy) is 1. The average Bonchev–Trinajstić information content (AvgIpc) is 3.37. The summed E-state index contributed by atoms with van der Waals surface area (Å²) in [7, 11) is 1.49. The fraction of sp³-hybridized carbons (Fsp3) is 0.400. The van der Waals surface area contributed by atoms with Gasteiger partial charge in [-0.3, -0.25) is 25.2 Å². The van der Waals surface area contributed by atoms with E-state index in [0.29, 0.717) is 11.3 Å². The minimum Gasteiger partial charge on any atom is -0.496 e. The van der Waals surface area contributed by atoms with Crippen LogP contribution in [0, 0.1) is 5.92 Å². The Kier molecular flexibility index (Phi) is 5.35. The molecule has 7 heteroatoms. The molecule has 0 radical (unpaired) electrons. The summed E-state index contributed by atoms with van der Waals surface area (Å²) < 4.78 is 5.10. The van der Waals surface area contributed by atoms with Gasteiger partial charge in [-0.2, -0.15) is 0 Å². The lowest BCUT2D eigenvalue weighted by atomic mass is 10.2. The van der Waals surface area contributed by atoms with Crippen molar-refractivity contribution in [2.75, 3.05) is 13.7 Å². The smallest absolute Gasteiger partial charge is 0.255 e. The molecule has 1 fully saturated rings. The Morgan fingerprint density at radius 2 is 1.91 bits per heavy atom. The Labute approximate surface area is 128 Å². The van der Waals surface area contributed by atoms with Crippen LogP contribution in [0.1, 0.15) is 29.6 Å². The molecule has 0 unspecified atom stereocenters. The van der Waals surface area contributed by atoms with Gasteiger partial charge in [0, 0.05) is 18.9 Å². The molecule has 7 nitrogen and oxygen atoms in total. The minimum absolute atomic E-state index is 0.0329. The molecule has 1 aromatic carbocycles. The SMILES string of the molecule is COc1ccccc1C(=O)NCCC(=O)NNC(=O)C1CC1. The van der Waals surface area contributed by atoms with Gasteiger partial charge in [0.2, 0.25) is 11.8 Å². The van der Waals surface area contributed by atoms with E-state index in [1.165, 1.54) is 7.11 Å². The van der Waals surface area contributed by atoms with E-state index < -0.39 is 0 Å². The number of para-hydroxylation sites is 1. The molecule has 1 aliphatic carbocycles. The van der Waals surface area contributed by atoms with Crippen LogP contribution in [-0.2, 0) is 9.59 Å². The largest absolute Gasteiger partial charge is 0.496 e. The van der Waals surface area contributed by atoms with Gasteiger partial charge in [-0.1, -0.05) is 12.1 Å². The maximum atomic E-state index is 12.0. The third-order valence-electron chi connectivity index (χ3n) is 3.26. The molecule has 0 atom stereocenters. The number of hydrazine groups is 1. The molecule has 2 rings (SSSR count). The van der Waals surface area contributed by atoms with Crippen LogP contribution in [0.3, 0.4) is 0 Å². The number of amides is 3. The number of hydrogen-bond donors (Lipinski definition) is 3. The zero-order chi connectivity index (χ0) is 15.9. The lowest BCUT2D eigenvalue weighted by Crippen LogP contribution is -2.43. The fourth-order valence-corrected chi connectivity index (χ4v) is 1.86. The fourth-order valence-electron chi connectivity index (χ4n) is 1.86. The first-order valence-corrected chi connectivity index (χ1v) is 7.11. The Morgan fingerprint density at radius 3 is 2.59 bits per heavy atom. The maximum Gasteiger partial charge on any atom is 0.255 e. The molecule has 0 heterocycles. The van der Waals surface area contributed by atoms with Crippen LogP contribution in [0.25, 0.3) is 0 Å². The van der Waals surface area contributed by atoms with E-state index in [0.717, 1.165) is 12.8 Å². The minimum atomic E-state index is -0.352. The van der Waals surface area contributed by atoms with Gasteiger partial charge in [-0.05, 0) is 25.0 Å². The van der Waals surface area contributed by atoms with E-state index in [1.54, 1.807) is 24.3 Å². The highest BCUT2D eigenvalue weighted by Crippen LogP contribution is 2.28. The molecule has 0 aliphatic heterocycles. The number of carbonyl (C=O) groups is 3. The normalized spacial score (nSPS) is 13.1. The summed E-state index contributed by atoms with van der Waals surface area (Å²) in [6.07, 6.45) is 1.82. The van der Waals surface area contributed by atoms with Crippen molar-refractivity contribution in [2.45, 2.75) is 19.3 Å². The summed E-state index contributed by atoms with van der Waals surface area (Å²) in [6, 6.07) is 6.84. The van der Waals surface area contributed by atoms with Crippen LogP contribution < -0.4 is 20.9 Å².